The summed E-state index contributed by atoms with van der Waals surface area (Å²) in [5, 5.41) is 3.83. The van der Waals surface area contributed by atoms with Gasteiger partial charge in [-0.3, -0.25) is 0 Å². The lowest BCUT2D eigenvalue weighted by Crippen LogP contribution is -2.34. The van der Waals surface area contributed by atoms with E-state index in [1.165, 1.54) is 3.97 Å². The molecule has 29 heavy (non-hydrogen) atoms. The van der Waals surface area contributed by atoms with Gasteiger partial charge in [-0.1, -0.05) is 24.3 Å². The van der Waals surface area contributed by atoms with E-state index in [-0.39, 0.29) is 10.9 Å². The highest BCUT2D eigenvalue weighted by molar-refractivity contribution is 7.90. The van der Waals surface area contributed by atoms with E-state index in [4.69, 9.17) is 4.74 Å². The maximum atomic E-state index is 13.0. The van der Waals surface area contributed by atoms with Crippen LogP contribution >= 0.6 is 0 Å². The number of hydrogen-bond donors (Lipinski definition) is 1. The molecule has 1 aliphatic carbocycles. The molecule has 4 rings (SSSR count). The van der Waals surface area contributed by atoms with Gasteiger partial charge in [-0.05, 0) is 69.0 Å². The number of alkyl carbamates (subject to hydrolysis) is 1. The first-order valence-electron chi connectivity index (χ1n) is 9.60. The van der Waals surface area contributed by atoms with E-state index < -0.39 is 21.7 Å². The van der Waals surface area contributed by atoms with Crippen LogP contribution in [0.4, 0.5) is 4.79 Å². The maximum absolute atomic E-state index is 13.0. The first kappa shape index (κ1) is 19.5. The molecule has 0 saturated heterocycles. The summed E-state index contributed by atoms with van der Waals surface area (Å²) in [7, 11) is -3.67. The molecule has 0 bridgehead atoms. The second-order valence-electron chi connectivity index (χ2n) is 8.23. The van der Waals surface area contributed by atoms with E-state index in [2.05, 4.69) is 5.32 Å². The number of nitrogens with zero attached hydrogens (tertiary/aromatic N) is 1. The quantitative estimate of drug-likeness (QED) is 0.692. The Labute approximate surface area is 170 Å². The average Bonchev–Trinajstić information content (AvgIpc) is 3.25. The van der Waals surface area contributed by atoms with Crippen molar-refractivity contribution in [2.45, 2.75) is 50.2 Å². The van der Waals surface area contributed by atoms with Gasteiger partial charge >= 0.3 is 6.09 Å². The van der Waals surface area contributed by atoms with Crippen molar-refractivity contribution in [1.82, 2.24) is 9.29 Å². The summed E-state index contributed by atoms with van der Waals surface area (Å²) in [6, 6.07) is 13.8. The molecule has 0 saturated carbocycles. The highest BCUT2D eigenvalue weighted by Gasteiger charge is 2.29. The highest BCUT2D eigenvalue weighted by Crippen LogP contribution is 2.37. The number of carbonyl (C=O) groups excluding carboxylic acids is 1. The Kier molecular flexibility index (Phi) is 4.65. The van der Waals surface area contributed by atoms with Gasteiger partial charge in [-0.15, -0.1) is 0 Å². The third-order valence-electron chi connectivity index (χ3n) is 5.03. The molecule has 1 aromatic heterocycles. The molecule has 152 valence electrons. The number of amides is 1. The molecule has 6 nitrogen and oxygen atoms in total. The minimum Gasteiger partial charge on any atom is -0.444 e. The lowest BCUT2D eigenvalue weighted by Gasteiger charge is -2.22. The van der Waals surface area contributed by atoms with Crippen LogP contribution in [-0.4, -0.2) is 24.1 Å². The summed E-state index contributed by atoms with van der Waals surface area (Å²) in [6.45, 7) is 5.48. The molecule has 7 heteroatoms. The van der Waals surface area contributed by atoms with Crippen LogP contribution in [0.3, 0.4) is 0 Å². The van der Waals surface area contributed by atoms with Crippen molar-refractivity contribution in [2.75, 3.05) is 0 Å². The maximum Gasteiger partial charge on any atom is 0.408 e. The van der Waals surface area contributed by atoms with Crippen molar-refractivity contribution in [3.8, 4) is 0 Å². The molecule has 0 radical (unpaired) electrons. The van der Waals surface area contributed by atoms with Crippen LogP contribution in [-0.2, 0) is 21.2 Å². The Hall–Kier alpha value is -2.80. The van der Waals surface area contributed by atoms with E-state index >= 15 is 0 Å². The first-order valence-corrected chi connectivity index (χ1v) is 11.0. The van der Waals surface area contributed by atoms with Crippen LogP contribution in [0.15, 0.2) is 59.6 Å². The third-order valence-corrected chi connectivity index (χ3v) is 6.74. The minimum atomic E-state index is -3.67. The first-order chi connectivity index (χ1) is 13.7. The smallest absolute Gasteiger partial charge is 0.408 e. The number of nitrogens with one attached hydrogen (secondary N) is 1. The van der Waals surface area contributed by atoms with Gasteiger partial charge in [0.1, 0.15) is 5.60 Å². The summed E-state index contributed by atoms with van der Waals surface area (Å²) in [5.41, 5.74) is 2.17. The summed E-state index contributed by atoms with van der Waals surface area (Å²) >= 11 is 0. The molecule has 1 aliphatic rings. The molecular formula is C22H24N2O4S. The standard InChI is InChI=1S/C22H24N2O4S/c1-22(2,3)28-21(25)23-19-11-9-16-17(19)10-12-20-18(16)13-14-24(20)29(26,27)15-7-5-4-6-8-15/h4-8,10,12-14,19H,9,11H2,1-3H3,(H,23,25)/t19-/m1/s1. The van der Waals surface area contributed by atoms with Gasteiger partial charge in [-0.25, -0.2) is 17.2 Å². The number of rotatable bonds is 3. The van der Waals surface area contributed by atoms with Gasteiger partial charge in [0.15, 0.2) is 0 Å². The van der Waals surface area contributed by atoms with Crippen molar-refractivity contribution >= 4 is 27.0 Å². The van der Waals surface area contributed by atoms with E-state index in [0.29, 0.717) is 5.52 Å². The Morgan fingerprint density at radius 2 is 1.83 bits per heavy atom. The molecule has 1 heterocycles. The lowest BCUT2D eigenvalue weighted by molar-refractivity contribution is 0.0503. The lowest BCUT2D eigenvalue weighted by atomic mass is 10.0. The Bertz CT molecular complexity index is 1170. The topological polar surface area (TPSA) is 77.4 Å². The molecule has 0 aliphatic heterocycles. The average molecular weight is 413 g/mol. The van der Waals surface area contributed by atoms with Crippen molar-refractivity contribution in [3.05, 3.63) is 65.9 Å². The molecule has 0 spiro atoms. The fraction of sp³-hybridized carbons (Fsp3) is 0.318. The molecule has 0 fully saturated rings. The number of aromatic nitrogens is 1. The van der Waals surface area contributed by atoms with E-state index in [1.807, 2.05) is 39.0 Å². The summed E-state index contributed by atoms with van der Waals surface area (Å²) in [5.74, 6) is 0. The minimum absolute atomic E-state index is 0.140. The predicted molar refractivity (Wildman–Crippen MR) is 111 cm³/mol. The largest absolute Gasteiger partial charge is 0.444 e. The van der Waals surface area contributed by atoms with Crippen molar-refractivity contribution in [1.29, 1.82) is 0 Å². The Balaban J connectivity index is 1.68. The van der Waals surface area contributed by atoms with Gasteiger partial charge in [0.2, 0.25) is 0 Å². The van der Waals surface area contributed by atoms with Crippen LogP contribution in [0.5, 0.6) is 0 Å². The molecule has 3 aromatic rings. The van der Waals surface area contributed by atoms with Crippen LogP contribution in [0, 0.1) is 0 Å². The van der Waals surface area contributed by atoms with Crippen molar-refractivity contribution in [2.24, 2.45) is 0 Å². The second-order valence-corrected chi connectivity index (χ2v) is 10.0. The predicted octanol–water partition coefficient (Wildman–Crippen LogP) is 4.39. The molecule has 1 amide bonds. The SMILES string of the molecule is CC(C)(C)OC(=O)N[C@@H]1CCc2c1ccc1c2ccn1S(=O)(=O)c1ccccc1. The van der Waals surface area contributed by atoms with Gasteiger partial charge in [0.05, 0.1) is 16.5 Å². The Morgan fingerprint density at radius 3 is 2.52 bits per heavy atom. The molecule has 0 unspecified atom stereocenters. The number of hydrogen-bond acceptors (Lipinski definition) is 4. The van der Waals surface area contributed by atoms with Gasteiger partial charge in [-0.2, -0.15) is 0 Å². The van der Waals surface area contributed by atoms with Crippen LogP contribution < -0.4 is 5.32 Å². The molecule has 2 aromatic carbocycles. The summed E-state index contributed by atoms with van der Waals surface area (Å²) in [6.07, 6.45) is 2.68. The normalized spacial score (nSPS) is 16.6. The zero-order chi connectivity index (χ0) is 20.8. The monoisotopic (exact) mass is 412 g/mol. The number of fused-ring (bicyclic) bond motifs is 3. The van der Waals surface area contributed by atoms with Crippen LogP contribution in [0.2, 0.25) is 0 Å². The van der Waals surface area contributed by atoms with Gasteiger partial charge < -0.3 is 10.1 Å². The molecular weight excluding hydrogens is 388 g/mol. The molecule has 1 N–H and O–H groups in total. The second kappa shape index (κ2) is 6.91. The number of carbonyl (C=O) groups is 1. The molecule has 1 atom stereocenters. The van der Waals surface area contributed by atoms with Crippen LogP contribution in [0.25, 0.3) is 10.9 Å². The highest BCUT2D eigenvalue weighted by atomic mass is 32.2. The van der Waals surface area contributed by atoms with Crippen molar-refractivity contribution in [3.63, 3.8) is 0 Å². The van der Waals surface area contributed by atoms with E-state index in [0.717, 1.165) is 29.4 Å². The Morgan fingerprint density at radius 1 is 1.10 bits per heavy atom. The third kappa shape index (κ3) is 3.62. The fourth-order valence-electron chi connectivity index (χ4n) is 3.83. The zero-order valence-electron chi connectivity index (χ0n) is 16.7. The van der Waals surface area contributed by atoms with E-state index in [1.54, 1.807) is 36.5 Å². The van der Waals surface area contributed by atoms with E-state index in [9.17, 15) is 13.2 Å². The van der Waals surface area contributed by atoms with Crippen molar-refractivity contribution < 1.29 is 17.9 Å². The number of benzene rings is 2. The number of aryl methyl sites for hydroxylation is 1. The van der Waals surface area contributed by atoms with Crippen LogP contribution in [0.1, 0.15) is 44.4 Å². The van der Waals surface area contributed by atoms with Gasteiger partial charge in [0, 0.05) is 11.6 Å². The number of ether oxygens (including phenoxy) is 1. The van der Waals surface area contributed by atoms with Gasteiger partial charge in [0.25, 0.3) is 10.0 Å². The zero-order valence-corrected chi connectivity index (χ0v) is 17.5. The fourth-order valence-corrected chi connectivity index (χ4v) is 5.20. The summed E-state index contributed by atoms with van der Waals surface area (Å²) < 4.78 is 32.8. The summed E-state index contributed by atoms with van der Waals surface area (Å²) in [4.78, 5) is 12.4.